The fourth-order valence-corrected chi connectivity index (χ4v) is 2.96. The van der Waals surface area contributed by atoms with Crippen molar-refractivity contribution >= 4 is 21.4 Å². The second-order valence-electron chi connectivity index (χ2n) is 3.99. The van der Waals surface area contributed by atoms with Crippen LogP contribution in [0.3, 0.4) is 0 Å². The van der Waals surface area contributed by atoms with Crippen molar-refractivity contribution in [3.05, 3.63) is 54.1 Å². The second kappa shape index (κ2) is 4.17. The molecule has 2 nitrogen and oxygen atoms in total. The molecule has 0 bridgehead atoms. The zero-order valence-electron chi connectivity index (χ0n) is 9.42. The maximum atomic E-state index is 9.50. The number of hydrogen-bond donors (Lipinski definition) is 1. The summed E-state index contributed by atoms with van der Waals surface area (Å²) in [7, 11) is 0. The predicted octanol–water partition coefficient (Wildman–Crippen LogP) is 4.15. The van der Waals surface area contributed by atoms with Crippen LogP contribution < -0.4 is 0 Å². The van der Waals surface area contributed by atoms with Gasteiger partial charge >= 0.3 is 0 Å². The molecule has 0 amide bonds. The van der Waals surface area contributed by atoms with Gasteiger partial charge in [0, 0.05) is 9.58 Å². The molecule has 0 aliphatic heterocycles. The highest BCUT2D eigenvalue weighted by atomic mass is 32.1. The summed E-state index contributed by atoms with van der Waals surface area (Å²) in [6.07, 6.45) is 0. The summed E-state index contributed by atoms with van der Waals surface area (Å²) in [5.74, 6) is 0.0300. The lowest BCUT2D eigenvalue weighted by Crippen LogP contribution is -1.78. The van der Waals surface area contributed by atoms with Crippen LogP contribution in [0.15, 0.2) is 48.5 Å². The topological polar surface area (TPSA) is 44.0 Å². The fraction of sp³-hybridized carbons (Fsp3) is 0. The average molecular weight is 251 g/mol. The molecule has 0 saturated carbocycles. The molecule has 0 atom stereocenters. The van der Waals surface area contributed by atoms with Crippen LogP contribution in [0.4, 0.5) is 0 Å². The van der Waals surface area contributed by atoms with Crippen LogP contribution in [0, 0.1) is 11.3 Å². The van der Waals surface area contributed by atoms with E-state index in [1.165, 1.54) is 10.1 Å². The molecule has 0 aliphatic carbocycles. The van der Waals surface area contributed by atoms with E-state index in [2.05, 4.69) is 18.2 Å². The molecule has 1 aromatic heterocycles. The molecule has 0 saturated heterocycles. The average Bonchev–Trinajstić information content (AvgIpc) is 2.83. The van der Waals surface area contributed by atoms with Crippen molar-refractivity contribution in [2.75, 3.05) is 0 Å². The first-order valence-corrected chi connectivity index (χ1v) is 6.31. The third-order valence-corrected chi connectivity index (χ3v) is 3.99. The van der Waals surface area contributed by atoms with Crippen molar-refractivity contribution in [3.63, 3.8) is 0 Å². The number of fused-ring (bicyclic) bond motifs is 1. The van der Waals surface area contributed by atoms with E-state index >= 15 is 0 Å². The van der Waals surface area contributed by atoms with Gasteiger partial charge < -0.3 is 5.11 Å². The highest BCUT2D eigenvalue weighted by Crippen LogP contribution is 2.34. The number of benzene rings is 2. The number of aromatic hydroxyl groups is 1. The minimum Gasteiger partial charge on any atom is -0.507 e. The Morgan fingerprint density at radius 1 is 1.06 bits per heavy atom. The smallest absolute Gasteiger partial charge is 0.133 e. The van der Waals surface area contributed by atoms with Crippen molar-refractivity contribution in [1.29, 1.82) is 5.26 Å². The van der Waals surface area contributed by atoms with Crippen LogP contribution in [0.25, 0.3) is 20.5 Å². The molecule has 3 aromatic rings. The van der Waals surface area contributed by atoms with Gasteiger partial charge in [-0.25, -0.2) is 0 Å². The molecule has 2 aromatic carbocycles. The summed E-state index contributed by atoms with van der Waals surface area (Å²) in [6, 6.07) is 17.4. The maximum absolute atomic E-state index is 9.50. The largest absolute Gasteiger partial charge is 0.507 e. The van der Waals surface area contributed by atoms with Gasteiger partial charge in [-0.3, -0.25) is 0 Å². The molecule has 3 heteroatoms. The number of thiophene rings is 1. The van der Waals surface area contributed by atoms with E-state index in [9.17, 15) is 5.11 Å². The summed E-state index contributed by atoms with van der Waals surface area (Å²) in [5, 5.41) is 19.6. The van der Waals surface area contributed by atoms with Crippen LogP contribution in [0.1, 0.15) is 5.56 Å². The van der Waals surface area contributed by atoms with Gasteiger partial charge in [-0.05, 0) is 41.3 Å². The number of nitriles is 1. The molecule has 0 unspecified atom stereocenters. The van der Waals surface area contributed by atoms with Crippen molar-refractivity contribution in [2.45, 2.75) is 0 Å². The lowest BCUT2D eigenvalue weighted by Gasteiger charge is -1.99. The fourth-order valence-electron chi connectivity index (χ4n) is 1.90. The van der Waals surface area contributed by atoms with Crippen molar-refractivity contribution in [2.24, 2.45) is 0 Å². The normalized spacial score (nSPS) is 10.4. The summed E-state index contributed by atoms with van der Waals surface area (Å²) < 4.78 is 1.22. The molecular weight excluding hydrogens is 242 g/mol. The minimum atomic E-state index is 0.0300. The number of phenolic OH excluding ortho intramolecular Hbond substituents is 1. The molecule has 0 aliphatic rings. The van der Waals surface area contributed by atoms with E-state index in [4.69, 9.17) is 5.26 Å². The Hall–Kier alpha value is -2.31. The first-order chi connectivity index (χ1) is 8.78. The number of rotatable bonds is 1. The molecule has 18 heavy (non-hydrogen) atoms. The van der Waals surface area contributed by atoms with E-state index in [0.29, 0.717) is 5.56 Å². The quantitative estimate of drug-likeness (QED) is 0.706. The zero-order valence-corrected chi connectivity index (χ0v) is 10.2. The molecular formula is C15H9NOS. The first kappa shape index (κ1) is 10.8. The molecule has 0 radical (unpaired) electrons. The molecule has 3 rings (SSSR count). The van der Waals surface area contributed by atoms with Crippen LogP contribution in [-0.2, 0) is 0 Å². The van der Waals surface area contributed by atoms with E-state index in [1.807, 2.05) is 24.3 Å². The lowest BCUT2D eigenvalue weighted by atomic mass is 10.1. The van der Waals surface area contributed by atoms with Gasteiger partial charge in [0.15, 0.2) is 0 Å². The van der Waals surface area contributed by atoms with Gasteiger partial charge in [0.1, 0.15) is 11.8 Å². The van der Waals surface area contributed by atoms with E-state index in [0.717, 1.165) is 10.4 Å². The monoisotopic (exact) mass is 251 g/mol. The zero-order chi connectivity index (χ0) is 12.5. The Morgan fingerprint density at radius 3 is 2.67 bits per heavy atom. The van der Waals surface area contributed by atoms with Gasteiger partial charge in [0.2, 0.25) is 0 Å². The summed E-state index contributed by atoms with van der Waals surface area (Å²) >= 11 is 1.68. The van der Waals surface area contributed by atoms with Gasteiger partial charge in [0.25, 0.3) is 0 Å². The van der Waals surface area contributed by atoms with Gasteiger partial charge in [-0.15, -0.1) is 11.3 Å². The Labute approximate surface area is 108 Å². The number of nitrogens with zero attached hydrogens (tertiary/aromatic N) is 1. The molecule has 0 fully saturated rings. The Balaban J connectivity index is 2.17. The van der Waals surface area contributed by atoms with Crippen LogP contribution >= 0.6 is 11.3 Å². The third-order valence-electron chi connectivity index (χ3n) is 2.83. The number of hydrogen-bond acceptors (Lipinski definition) is 3. The Kier molecular flexibility index (Phi) is 2.51. The summed E-state index contributed by atoms with van der Waals surface area (Å²) in [6.45, 7) is 0. The van der Waals surface area contributed by atoms with E-state index in [-0.39, 0.29) is 5.75 Å². The van der Waals surface area contributed by atoms with E-state index < -0.39 is 0 Å². The van der Waals surface area contributed by atoms with Crippen molar-refractivity contribution in [1.82, 2.24) is 0 Å². The molecule has 1 N–H and O–H groups in total. The highest BCUT2D eigenvalue weighted by molar-refractivity contribution is 7.22. The SMILES string of the molecule is N#Cc1cc(-c2cc3ccccc3s2)ccc1O. The third kappa shape index (κ3) is 1.73. The minimum absolute atomic E-state index is 0.0300. The lowest BCUT2D eigenvalue weighted by molar-refractivity contribution is 0.473. The summed E-state index contributed by atoms with van der Waals surface area (Å²) in [5.41, 5.74) is 1.27. The first-order valence-electron chi connectivity index (χ1n) is 5.50. The van der Waals surface area contributed by atoms with Crippen LogP contribution in [-0.4, -0.2) is 5.11 Å². The van der Waals surface area contributed by atoms with Crippen molar-refractivity contribution in [3.8, 4) is 22.3 Å². The number of phenols is 1. The van der Waals surface area contributed by atoms with Gasteiger partial charge in [-0.2, -0.15) is 5.26 Å². The highest BCUT2D eigenvalue weighted by Gasteiger charge is 2.07. The Morgan fingerprint density at radius 2 is 1.89 bits per heavy atom. The molecule has 86 valence electrons. The van der Waals surface area contributed by atoms with Crippen LogP contribution in [0.2, 0.25) is 0 Å². The van der Waals surface area contributed by atoms with Crippen LogP contribution in [0.5, 0.6) is 5.75 Å². The maximum Gasteiger partial charge on any atom is 0.133 e. The second-order valence-corrected chi connectivity index (χ2v) is 5.08. The Bertz CT molecular complexity index is 735. The van der Waals surface area contributed by atoms with Gasteiger partial charge in [-0.1, -0.05) is 18.2 Å². The predicted molar refractivity (Wildman–Crippen MR) is 73.6 cm³/mol. The van der Waals surface area contributed by atoms with Crippen molar-refractivity contribution < 1.29 is 5.11 Å². The summed E-state index contributed by atoms with van der Waals surface area (Å²) in [4.78, 5) is 1.10. The standard InChI is InChI=1S/C15H9NOS/c16-9-12-7-11(5-6-13(12)17)15-8-10-3-1-2-4-14(10)18-15/h1-8,17H. The molecule has 1 heterocycles. The van der Waals surface area contributed by atoms with E-state index in [1.54, 1.807) is 23.5 Å². The molecule has 0 spiro atoms. The van der Waals surface area contributed by atoms with Gasteiger partial charge in [0.05, 0.1) is 5.56 Å².